The molecule has 0 heterocycles. The van der Waals surface area contributed by atoms with Crippen LogP contribution in [0, 0.1) is 5.92 Å². The molecule has 0 aromatic carbocycles. The van der Waals surface area contributed by atoms with Gasteiger partial charge in [0.15, 0.2) is 0 Å². The lowest BCUT2D eigenvalue weighted by molar-refractivity contribution is -0.148. The topological polar surface area (TPSA) is 49.3 Å². The van der Waals surface area contributed by atoms with Crippen molar-refractivity contribution in [3.05, 3.63) is 0 Å². The second kappa shape index (κ2) is 2.73. The number of aliphatic carboxylic acids is 1. The van der Waals surface area contributed by atoms with Gasteiger partial charge in [-0.25, -0.2) is 0 Å². The highest BCUT2D eigenvalue weighted by molar-refractivity contribution is 5.79. The Kier molecular flexibility index (Phi) is 1.83. The van der Waals surface area contributed by atoms with Crippen LogP contribution in [-0.4, -0.2) is 23.2 Å². The second-order valence-electron chi connectivity index (χ2n) is 4.07. The number of hydrogen-bond donors (Lipinski definition) is 2. The molecule has 2 N–H and O–H groups in total. The molecule has 0 amide bonds. The van der Waals surface area contributed by atoms with Gasteiger partial charge in [0.2, 0.25) is 0 Å². The summed E-state index contributed by atoms with van der Waals surface area (Å²) in [6.07, 6.45) is 5.25. The van der Waals surface area contributed by atoms with Crippen LogP contribution in [0.2, 0.25) is 0 Å². The first-order valence-electron chi connectivity index (χ1n) is 4.71. The Hall–Kier alpha value is -0.570. The van der Waals surface area contributed by atoms with Crippen LogP contribution in [0.1, 0.15) is 32.1 Å². The van der Waals surface area contributed by atoms with Crippen molar-refractivity contribution in [3.8, 4) is 0 Å². The van der Waals surface area contributed by atoms with Crippen molar-refractivity contribution >= 4 is 5.97 Å². The fourth-order valence-corrected chi connectivity index (χ4v) is 1.66. The van der Waals surface area contributed by atoms with Crippen molar-refractivity contribution in [2.75, 3.05) is 6.54 Å². The minimum Gasteiger partial charge on any atom is -0.480 e. The van der Waals surface area contributed by atoms with Gasteiger partial charge in [-0.2, -0.15) is 0 Å². The number of hydrogen-bond acceptors (Lipinski definition) is 2. The van der Waals surface area contributed by atoms with Crippen molar-refractivity contribution in [2.24, 2.45) is 5.92 Å². The zero-order valence-electron chi connectivity index (χ0n) is 7.18. The summed E-state index contributed by atoms with van der Waals surface area (Å²) in [6.45, 7) is 0.909. The molecule has 68 valence electrons. The molecule has 0 unspecified atom stereocenters. The molecule has 3 heteroatoms. The van der Waals surface area contributed by atoms with Gasteiger partial charge in [-0.05, 0) is 44.6 Å². The van der Waals surface area contributed by atoms with Gasteiger partial charge >= 0.3 is 5.97 Å². The van der Waals surface area contributed by atoms with Crippen molar-refractivity contribution < 1.29 is 9.90 Å². The zero-order valence-corrected chi connectivity index (χ0v) is 7.18. The van der Waals surface area contributed by atoms with Gasteiger partial charge in [-0.15, -0.1) is 0 Å². The summed E-state index contributed by atoms with van der Waals surface area (Å²) < 4.78 is 0. The van der Waals surface area contributed by atoms with Gasteiger partial charge in [0.05, 0.1) is 0 Å². The van der Waals surface area contributed by atoms with Crippen LogP contribution in [0.15, 0.2) is 0 Å². The Bertz CT molecular complexity index is 195. The average molecular weight is 169 g/mol. The van der Waals surface area contributed by atoms with Crippen LogP contribution in [0.4, 0.5) is 0 Å². The summed E-state index contributed by atoms with van der Waals surface area (Å²) in [5.41, 5.74) is -0.539. The van der Waals surface area contributed by atoms with Gasteiger partial charge in [0.1, 0.15) is 5.54 Å². The van der Waals surface area contributed by atoms with E-state index in [4.69, 9.17) is 5.11 Å². The van der Waals surface area contributed by atoms with Crippen molar-refractivity contribution in [3.63, 3.8) is 0 Å². The molecule has 3 nitrogen and oxygen atoms in total. The van der Waals surface area contributed by atoms with Crippen LogP contribution < -0.4 is 5.32 Å². The quantitative estimate of drug-likeness (QED) is 0.660. The highest BCUT2D eigenvalue weighted by atomic mass is 16.4. The van der Waals surface area contributed by atoms with Crippen LogP contribution >= 0.6 is 0 Å². The number of carbonyl (C=O) groups is 1. The van der Waals surface area contributed by atoms with Crippen LogP contribution in [0.25, 0.3) is 0 Å². The van der Waals surface area contributed by atoms with E-state index in [1.54, 1.807) is 0 Å². The first-order chi connectivity index (χ1) is 5.73. The molecule has 0 atom stereocenters. The van der Waals surface area contributed by atoms with Crippen molar-refractivity contribution in [1.29, 1.82) is 0 Å². The summed E-state index contributed by atoms with van der Waals surface area (Å²) in [6, 6.07) is 0. The normalized spacial score (nSPS) is 26.3. The Labute approximate surface area is 72.2 Å². The highest BCUT2D eigenvalue weighted by Crippen LogP contribution is 2.34. The molecule has 0 radical (unpaired) electrons. The largest absolute Gasteiger partial charge is 0.480 e. The zero-order chi connectivity index (χ0) is 8.60. The maximum Gasteiger partial charge on any atom is 0.323 e. The van der Waals surface area contributed by atoms with Crippen LogP contribution in [-0.2, 0) is 4.79 Å². The lowest BCUT2D eigenvalue weighted by Crippen LogP contribution is -2.57. The van der Waals surface area contributed by atoms with Crippen LogP contribution in [0.3, 0.4) is 0 Å². The third-order valence-corrected chi connectivity index (χ3v) is 3.04. The fraction of sp³-hybridized carbons (Fsp3) is 0.889. The first-order valence-corrected chi connectivity index (χ1v) is 4.71. The Balaban J connectivity index is 1.84. The number of nitrogens with one attached hydrogen (secondary N) is 1. The average Bonchev–Trinajstić information content (AvgIpc) is 2.67. The van der Waals surface area contributed by atoms with E-state index < -0.39 is 11.5 Å². The molecule has 0 aromatic heterocycles. The molecule has 12 heavy (non-hydrogen) atoms. The van der Waals surface area contributed by atoms with E-state index >= 15 is 0 Å². The molecule has 0 spiro atoms. The molecular formula is C9H15NO2. The smallest absolute Gasteiger partial charge is 0.323 e. The SMILES string of the molecule is O=C(O)C1(NCC2CC2)CCC1. The summed E-state index contributed by atoms with van der Waals surface area (Å²) in [7, 11) is 0. The summed E-state index contributed by atoms with van der Waals surface area (Å²) in [5.74, 6) is 0.108. The molecule has 0 aliphatic heterocycles. The predicted octanol–water partition coefficient (Wildman–Crippen LogP) is 0.993. The standard InChI is InChI=1S/C9H15NO2/c11-8(12)9(4-1-5-9)10-6-7-2-3-7/h7,10H,1-6H2,(H,11,12). The minimum atomic E-state index is -0.658. The lowest BCUT2D eigenvalue weighted by atomic mass is 9.77. The summed E-state index contributed by atoms with van der Waals surface area (Å²) in [4.78, 5) is 10.9. The maximum absolute atomic E-state index is 10.9. The monoisotopic (exact) mass is 169 g/mol. The molecule has 0 saturated heterocycles. The van der Waals surface area contributed by atoms with E-state index in [1.807, 2.05) is 0 Å². The van der Waals surface area contributed by atoms with Gasteiger partial charge < -0.3 is 10.4 Å². The predicted molar refractivity (Wildman–Crippen MR) is 44.9 cm³/mol. The Morgan fingerprint density at radius 1 is 1.50 bits per heavy atom. The fourth-order valence-electron chi connectivity index (χ4n) is 1.66. The number of carboxylic acid groups (broad SMARTS) is 1. The third-order valence-electron chi connectivity index (χ3n) is 3.04. The Morgan fingerprint density at radius 3 is 2.50 bits per heavy atom. The molecule has 2 aliphatic rings. The molecule has 2 fully saturated rings. The van der Waals surface area contributed by atoms with Gasteiger partial charge in [-0.1, -0.05) is 0 Å². The second-order valence-corrected chi connectivity index (χ2v) is 4.07. The van der Waals surface area contributed by atoms with E-state index in [1.165, 1.54) is 12.8 Å². The van der Waals surface area contributed by atoms with Crippen molar-refractivity contribution in [2.45, 2.75) is 37.6 Å². The molecule has 2 aliphatic carbocycles. The number of rotatable bonds is 4. The number of carboxylic acids is 1. The van der Waals surface area contributed by atoms with E-state index in [0.717, 1.165) is 31.7 Å². The lowest BCUT2D eigenvalue weighted by Gasteiger charge is -2.38. The van der Waals surface area contributed by atoms with E-state index in [2.05, 4.69) is 5.32 Å². The van der Waals surface area contributed by atoms with E-state index in [9.17, 15) is 4.79 Å². The molecule has 2 saturated carbocycles. The third kappa shape index (κ3) is 1.33. The highest BCUT2D eigenvalue weighted by Gasteiger charge is 2.44. The molecule has 2 rings (SSSR count). The summed E-state index contributed by atoms with van der Waals surface area (Å²) >= 11 is 0. The first kappa shape index (κ1) is 8.05. The molecular weight excluding hydrogens is 154 g/mol. The minimum absolute atomic E-state index is 0.539. The Morgan fingerprint density at radius 2 is 2.17 bits per heavy atom. The van der Waals surface area contributed by atoms with Gasteiger partial charge in [-0.3, -0.25) is 4.79 Å². The van der Waals surface area contributed by atoms with Crippen LogP contribution in [0.5, 0.6) is 0 Å². The molecule has 0 bridgehead atoms. The van der Waals surface area contributed by atoms with Crippen molar-refractivity contribution in [1.82, 2.24) is 5.32 Å². The summed E-state index contributed by atoms with van der Waals surface area (Å²) in [5, 5.41) is 12.1. The maximum atomic E-state index is 10.9. The van der Waals surface area contributed by atoms with Gasteiger partial charge in [0.25, 0.3) is 0 Å². The molecule has 0 aromatic rings. The van der Waals surface area contributed by atoms with E-state index in [0.29, 0.717) is 0 Å². The van der Waals surface area contributed by atoms with E-state index in [-0.39, 0.29) is 0 Å². The van der Waals surface area contributed by atoms with Gasteiger partial charge in [0, 0.05) is 0 Å².